The fourth-order valence-corrected chi connectivity index (χ4v) is 6.97. The third kappa shape index (κ3) is 9.78. The van der Waals surface area contributed by atoms with Crippen LogP contribution in [-0.2, 0) is 45.9 Å². The first kappa shape index (κ1) is 42.0. The van der Waals surface area contributed by atoms with Gasteiger partial charge < -0.3 is 21.3 Å². The van der Waals surface area contributed by atoms with Crippen LogP contribution >= 0.6 is 24.1 Å². The maximum atomic E-state index is 12.7. The molecule has 0 unspecified atom stereocenters. The topological polar surface area (TPSA) is 277 Å². The fourth-order valence-electron chi connectivity index (χ4n) is 5.22. The summed E-state index contributed by atoms with van der Waals surface area (Å²) in [7, 11) is -4.70. The molecule has 0 heterocycles. The summed E-state index contributed by atoms with van der Waals surface area (Å²) in [5.41, 5.74) is 7.81. The average Bonchev–Trinajstić information content (AvgIpc) is 3.15. The molecule has 6 rings (SSSR count). The van der Waals surface area contributed by atoms with Crippen LogP contribution in [0.4, 0.5) is 34.1 Å². The molecule has 6 aromatic carbocycles. The fraction of sp³-hybridized carbons (Fsp3) is 0.0294. The molecule has 0 aliphatic carbocycles. The van der Waals surface area contributed by atoms with Gasteiger partial charge in [0.05, 0.1) is 40.4 Å². The predicted molar refractivity (Wildman–Crippen MR) is 201 cm³/mol. The molecular weight excluding hydrogens is 844 g/mol. The Morgan fingerprint density at radius 3 is 2.20 bits per heavy atom. The second-order valence-corrected chi connectivity index (χ2v) is 14.3. The summed E-state index contributed by atoms with van der Waals surface area (Å²) in [6, 6.07) is 22.5. The van der Waals surface area contributed by atoms with Gasteiger partial charge in [-0.2, -0.15) is 18.6 Å². The monoisotopic (exact) mass is 869 g/mol. The second kappa shape index (κ2) is 18.2. The van der Waals surface area contributed by atoms with Gasteiger partial charge in [0.15, 0.2) is 5.75 Å². The van der Waals surface area contributed by atoms with Crippen LogP contribution in [-0.4, -0.2) is 39.6 Å². The van der Waals surface area contributed by atoms with Crippen LogP contribution in [0.3, 0.4) is 0 Å². The molecule has 0 aromatic heterocycles. The largest absolute Gasteiger partial charge is 0.506 e. The minimum Gasteiger partial charge on any atom is -0.506 e. The van der Waals surface area contributed by atoms with Crippen molar-refractivity contribution in [3.63, 3.8) is 0 Å². The van der Waals surface area contributed by atoms with E-state index in [9.17, 15) is 28.0 Å². The Bertz CT molecular complexity index is 2620. The number of hydrogen-bond acceptors (Lipinski definition) is 18. The first-order valence-corrected chi connectivity index (χ1v) is 18.3. The maximum Gasteiger partial charge on any atom is 0.295 e. The van der Waals surface area contributed by atoms with E-state index >= 15 is 0 Å². The molecule has 0 atom stereocenters. The number of amides is 1. The number of nitrogens with zero attached hydrogens (tertiary/aromatic N) is 4. The SMILES string of the molecule is Cc1cc(N=Nc2c(SOOO)cc3cc(NC(=O)c4ccc(N)cc4)ccc3c2O)c(O)cc1N=Nc1ccc2cc(SOOO)cc(S(=O)(=O)O)c2c1.[Cu]. The van der Waals surface area contributed by atoms with Crippen LogP contribution < -0.4 is 11.1 Å². The summed E-state index contributed by atoms with van der Waals surface area (Å²) in [6.45, 7) is 1.66. The molecule has 1 radical (unpaired) electrons. The molecule has 22 heteroatoms. The van der Waals surface area contributed by atoms with Crippen molar-refractivity contribution < 1.29 is 74.3 Å². The molecule has 0 aliphatic rings. The first-order chi connectivity index (χ1) is 26.3. The van der Waals surface area contributed by atoms with Gasteiger partial charge in [-0.05, 0) is 102 Å². The van der Waals surface area contributed by atoms with Gasteiger partial charge in [-0.15, -0.1) is 18.9 Å². The number of phenols is 2. The van der Waals surface area contributed by atoms with Crippen LogP contribution in [0.25, 0.3) is 21.5 Å². The number of fused-ring (bicyclic) bond motifs is 2. The van der Waals surface area contributed by atoms with Crippen LogP contribution in [0.2, 0.25) is 0 Å². The molecule has 8 N–H and O–H groups in total. The third-order valence-corrected chi connectivity index (χ3v) is 9.84. The second-order valence-electron chi connectivity index (χ2n) is 11.4. The van der Waals surface area contributed by atoms with Crippen molar-refractivity contribution in [3.8, 4) is 11.5 Å². The number of aryl methyl sites for hydroxylation is 1. The van der Waals surface area contributed by atoms with Crippen molar-refractivity contribution in [3.05, 3.63) is 102 Å². The standard InChI is InChI=1S/C34H26N6O12S3.Cu/c1-17-10-28(29(41)16-27(17)38-37-23-7-4-19-12-24(53-51-49-44)15-31(26(19)14-23)55(46,47)48)39-40-32-30(54-52-50-45)13-20-11-22(8-9-25(20)33(32)42)36-34(43)18-2-5-21(35)6-3-18;/h2-16,41-42,44-45H,35H2,1H3,(H,36,43)(H,46,47,48);. The molecule has 1 amide bonds. The van der Waals surface area contributed by atoms with Crippen LogP contribution in [0.5, 0.6) is 11.5 Å². The Balaban J connectivity index is 0.00000600. The van der Waals surface area contributed by atoms with Gasteiger partial charge in [0.1, 0.15) is 22.0 Å². The zero-order valence-electron chi connectivity index (χ0n) is 28.1. The van der Waals surface area contributed by atoms with E-state index in [4.69, 9.17) is 16.2 Å². The molecule has 293 valence electrons. The molecule has 0 fully saturated rings. The number of anilines is 2. The van der Waals surface area contributed by atoms with Gasteiger partial charge >= 0.3 is 0 Å². The number of carbonyl (C=O) groups is 1. The Morgan fingerprint density at radius 2 is 1.48 bits per heavy atom. The quantitative estimate of drug-likeness (QED) is 0.0108. The molecule has 0 bridgehead atoms. The number of benzene rings is 6. The van der Waals surface area contributed by atoms with Gasteiger partial charge in [-0.3, -0.25) is 9.35 Å². The zero-order chi connectivity index (χ0) is 39.3. The number of nitrogens with two attached hydrogens (primary N) is 1. The van der Waals surface area contributed by atoms with E-state index in [-0.39, 0.29) is 72.4 Å². The van der Waals surface area contributed by atoms with Gasteiger partial charge in [0, 0.05) is 55.7 Å². The van der Waals surface area contributed by atoms with Crippen molar-refractivity contribution in [1.82, 2.24) is 0 Å². The summed E-state index contributed by atoms with van der Waals surface area (Å²) in [5, 5.41) is 67.2. The number of hydrogen-bond donors (Lipinski definition) is 7. The molecule has 6 aromatic rings. The van der Waals surface area contributed by atoms with E-state index in [1.807, 2.05) is 0 Å². The molecule has 0 aliphatic heterocycles. The van der Waals surface area contributed by atoms with E-state index in [1.165, 1.54) is 36.4 Å². The van der Waals surface area contributed by atoms with Gasteiger partial charge in [0.2, 0.25) is 0 Å². The molecule has 0 spiro atoms. The number of rotatable bonds is 13. The van der Waals surface area contributed by atoms with Crippen molar-refractivity contribution >= 4 is 95.8 Å². The molecule has 18 nitrogen and oxygen atoms in total. The number of aromatic hydroxyl groups is 2. The van der Waals surface area contributed by atoms with Crippen molar-refractivity contribution in [2.45, 2.75) is 21.6 Å². The van der Waals surface area contributed by atoms with Crippen LogP contribution in [0.15, 0.2) is 126 Å². The molecular formula is C34H26CuN6O12S3. The Kier molecular flexibility index (Phi) is 13.6. The van der Waals surface area contributed by atoms with Crippen molar-refractivity contribution in [2.75, 3.05) is 11.1 Å². The van der Waals surface area contributed by atoms with Gasteiger partial charge in [0.25, 0.3) is 16.0 Å². The van der Waals surface area contributed by atoms with Gasteiger partial charge in [-0.25, -0.2) is 10.5 Å². The number of nitrogens with one attached hydrogen (secondary N) is 1. The predicted octanol–water partition coefficient (Wildman–Crippen LogP) is 9.48. The number of carbonyl (C=O) groups excluding carboxylic acids is 1. The summed E-state index contributed by atoms with van der Waals surface area (Å²) in [5.74, 6) is -1.08. The Labute approximate surface area is 335 Å². The van der Waals surface area contributed by atoms with Crippen molar-refractivity contribution in [2.24, 2.45) is 20.5 Å². The number of phenolic OH excluding ortho intramolecular Hbond substituents is 2. The van der Waals surface area contributed by atoms with E-state index < -0.39 is 15.0 Å². The molecule has 0 saturated heterocycles. The van der Waals surface area contributed by atoms with E-state index in [0.717, 1.165) is 6.07 Å². The smallest absolute Gasteiger partial charge is 0.295 e. The summed E-state index contributed by atoms with van der Waals surface area (Å²) < 4.78 is 43.1. The average molecular weight is 870 g/mol. The number of azo groups is 2. The minimum atomic E-state index is -4.70. The van der Waals surface area contributed by atoms with Crippen LogP contribution in [0.1, 0.15) is 15.9 Å². The molecule has 0 saturated carbocycles. The normalized spacial score (nSPS) is 11.8. The van der Waals surface area contributed by atoms with Crippen LogP contribution in [0, 0.1) is 6.92 Å². The number of nitrogen functional groups attached to an aromatic ring is 1. The summed E-state index contributed by atoms with van der Waals surface area (Å²) in [6.07, 6.45) is 0. The van der Waals surface area contributed by atoms with E-state index in [0.29, 0.717) is 62.7 Å². The van der Waals surface area contributed by atoms with Crippen molar-refractivity contribution in [1.29, 1.82) is 0 Å². The minimum absolute atomic E-state index is 0. The Morgan fingerprint density at radius 1 is 0.768 bits per heavy atom. The van der Waals surface area contributed by atoms with E-state index in [1.54, 1.807) is 55.5 Å². The third-order valence-electron chi connectivity index (χ3n) is 7.77. The van der Waals surface area contributed by atoms with E-state index in [2.05, 4.69) is 44.5 Å². The zero-order valence-corrected chi connectivity index (χ0v) is 31.5. The summed E-state index contributed by atoms with van der Waals surface area (Å²) >= 11 is 1.02. The molecule has 56 heavy (non-hydrogen) atoms. The van der Waals surface area contributed by atoms with Gasteiger partial charge in [-0.1, -0.05) is 16.1 Å². The Hall–Kier alpha value is -5.20. The maximum absolute atomic E-state index is 12.7. The first-order valence-electron chi connectivity index (χ1n) is 15.3. The summed E-state index contributed by atoms with van der Waals surface area (Å²) in [4.78, 5) is 12.6.